The molecule has 0 bridgehead atoms. The molecule has 1 aliphatic rings. The number of aromatic nitrogens is 1. The lowest BCUT2D eigenvalue weighted by Crippen LogP contribution is -2.41. The van der Waals surface area contributed by atoms with Crippen LogP contribution < -0.4 is 10.1 Å². The zero-order valence-electron chi connectivity index (χ0n) is 17.8. The van der Waals surface area contributed by atoms with Crippen molar-refractivity contribution in [3.8, 4) is 5.75 Å². The van der Waals surface area contributed by atoms with Gasteiger partial charge in [-0.3, -0.25) is 4.79 Å². The monoisotopic (exact) mass is 422 g/mol. The predicted molar refractivity (Wildman–Crippen MR) is 116 cm³/mol. The van der Waals surface area contributed by atoms with Crippen LogP contribution in [-0.4, -0.2) is 33.7 Å². The van der Waals surface area contributed by atoms with Gasteiger partial charge in [0, 0.05) is 23.2 Å². The van der Waals surface area contributed by atoms with Gasteiger partial charge in [-0.1, -0.05) is 30.3 Å². The number of ether oxygens (including phenoxy) is 2. The van der Waals surface area contributed by atoms with E-state index in [4.69, 9.17) is 9.47 Å². The van der Waals surface area contributed by atoms with Gasteiger partial charge < -0.3 is 24.5 Å². The molecule has 31 heavy (non-hydrogen) atoms. The quantitative estimate of drug-likeness (QED) is 0.607. The van der Waals surface area contributed by atoms with Crippen LogP contribution in [0.2, 0.25) is 0 Å². The largest absolute Gasteiger partial charge is 0.488 e. The standard InChI is InChI=1S/C24H26N2O5/c1-24(2,3)31-23(29)25-18-12-26-19-9-16(13-27)10-21(17(19)11-20(26)22(18)28)30-14-15-7-5-4-6-8-15/h4-11,13,18,22,28H,12,14H2,1-3H3,(H,25,29)/t18-,22+/m0/s1. The normalized spacial score (nSPS) is 17.9. The molecule has 3 aromatic rings. The summed E-state index contributed by atoms with van der Waals surface area (Å²) in [7, 11) is 0. The number of aliphatic hydroxyl groups excluding tert-OH is 1. The van der Waals surface area contributed by atoms with Gasteiger partial charge in [-0.05, 0) is 44.5 Å². The van der Waals surface area contributed by atoms with Crippen LogP contribution in [-0.2, 0) is 17.9 Å². The fourth-order valence-corrected chi connectivity index (χ4v) is 3.82. The van der Waals surface area contributed by atoms with Gasteiger partial charge in [-0.2, -0.15) is 0 Å². The summed E-state index contributed by atoms with van der Waals surface area (Å²) in [6, 6.07) is 14.6. The highest BCUT2D eigenvalue weighted by Crippen LogP contribution is 2.38. The lowest BCUT2D eigenvalue weighted by atomic mass is 10.1. The number of hydrogen-bond acceptors (Lipinski definition) is 5. The van der Waals surface area contributed by atoms with E-state index < -0.39 is 23.8 Å². The average molecular weight is 422 g/mol. The number of amides is 1. The van der Waals surface area contributed by atoms with E-state index in [-0.39, 0.29) is 0 Å². The van der Waals surface area contributed by atoms with Crippen LogP contribution >= 0.6 is 0 Å². The summed E-state index contributed by atoms with van der Waals surface area (Å²) in [6.45, 7) is 6.08. The van der Waals surface area contributed by atoms with Gasteiger partial charge in [0.25, 0.3) is 0 Å². The van der Waals surface area contributed by atoms with E-state index in [0.29, 0.717) is 30.2 Å². The van der Waals surface area contributed by atoms with E-state index >= 15 is 0 Å². The predicted octanol–water partition coefficient (Wildman–Crippen LogP) is 3.97. The molecule has 0 saturated carbocycles. The SMILES string of the molecule is CC(C)(C)OC(=O)N[C@H]1Cn2c(cc3c(OCc4ccccc4)cc(C=O)cc32)[C@@H]1O. The highest BCUT2D eigenvalue weighted by Gasteiger charge is 2.35. The number of nitrogens with zero attached hydrogens (tertiary/aromatic N) is 1. The van der Waals surface area contributed by atoms with Crippen molar-refractivity contribution in [1.82, 2.24) is 9.88 Å². The van der Waals surface area contributed by atoms with Gasteiger partial charge in [0.2, 0.25) is 0 Å². The second kappa shape index (κ2) is 8.07. The van der Waals surface area contributed by atoms with Gasteiger partial charge in [-0.15, -0.1) is 0 Å². The summed E-state index contributed by atoms with van der Waals surface area (Å²) in [5.41, 5.74) is 2.30. The summed E-state index contributed by atoms with van der Waals surface area (Å²) in [5.74, 6) is 0.578. The zero-order valence-corrected chi connectivity index (χ0v) is 17.8. The Morgan fingerprint density at radius 3 is 2.65 bits per heavy atom. The van der Waals surface area contributed by atoms with Crippen LogP contribution in [0.15, 0.2) is 48.5 Å². The van der Waals surface area contributed by atoms with E-state index in [1.54, 1.807) is 32.9 Å². The third-order valence-corrected chi connectivity index (χ3v) is 5.18. The first-order valence-electron chi connectivity index (χ1n) is 10.2. The molecule has 2 aromatic carbocycles. The van der Waals surface area contributed by atoms with E-state index in [1.807, 2.05) is 41.0 Å². The number of rotatable bonds is 5. The molecule has 4 rings (SSSR count). The number of aliphatic hydroxyl groups is 1. The number of hydrogen-bond donors (Lipinski definition) is 2. The van der Waals surface area contributed by atoms with Crippen molar-refractivity contribution in [3.63, 3.8) is 0 Å². The van der Waals surface area contributed by atoms with Crippen molar-refractivity contribution in [1.29, 1.82) is 0 Å². The first-order chi connectivity index (χ1) is 14.7. The van der Waals surface area contributed by atoms with Gasteiger partial charge >= 0.3 is 6.09 Å². The summed E-state index contributed by atoms with van der Waals surface area (Å²) in [4.78, 5) is 23.7. The van der Waals surface area contributed by atoms with Gasteiger partial charge in [0.15, 0.2) is 0 Å². The van der Waals surface area contributed by atoms with E-state index in [2.05, 4.69) is 5.32 Å². The summed E-state index contributed by atoms with van der Waals surface area (Å²) in [5, 5.41) is 14.4. The second-order valence-electron chi connectivity index (χ2n) is 8.72. The molecule has 2 N–H and O–H groups in total. The zero-order chi connectivity index (χ0) is 22.2. The molecule has 1 aliphatic heterocycles. The summed E-state index contributed by atoms with van der Waals surface area (Å²) >= 11 is 0. The van der Waals surface area contributed by atoms with Crippen molar-refractivity contribution in [2.24, 2.45) is 0 Å². The Labute approximate surface area is 180 Å². The van der Waals surface area contributed by atoms with Crippen LogP contribution in [0, 0.1) is 0 Å². The minimum atomic E-state index is -0.901. The lowest BCUT2D eigenvalue weighted by Gasteiger charge is -2.22. The molecule has 1 aromatic heterocycles. The molecule has 0 saturated heterocycles. The van der Waals surface area contributed by atoms with E-state index in [9.17, 15) is 14.7 Å². The minimum Gasteiger partial charge on any atom is -0.488 e. The third-order valence-electron chi connectivity index (χ3n) is 5.18. The second-order valence-corrected chi connectivity index (χ2v) is 8.72. The molecular weight excluding hydrogens is 396 g/mol. The molecule has 0 unspecified atom stereocenters. The smallest absolute Gasteiger partial charge is 0.408 e. The fraction of sp³-hybridized carbons (Fsp3) is 0.333. The third kappa shape index (κ3) is 4.41. The number of benzene rings is 2. The number of nitrogens with one attached hydrogen (secondary N) is 1. The highest BCUT2D eigenvalue weighted by molar-refractivity contribution is 5.93. The van der Waals surface area contributed by atoms with Crippen LogP contribution in [0.5, 0.6) is 5.75 Å². The molecular formula is C24H26N2O5. The van der Waals surface area contributed by atoms with Crippen molar-refractivity contribution in [2.75, 3.05) is 0 Å². The Bertz CT molecular complexity index is 1110. The van der Waals surface area contributed by atoms with Crippen LogP contribution in [0.25, 0.3) is 10.9 Å². The molecule has 2 heterocycles. The van der Waals surface area contributed by atoms with Crippen LogP contribution in [0.1, 0.15) is 48.5 Å². The molecule has 7 nitrogen and oxygen atoms in total. The molecule has 2 atom stereocenters. The van der Waals surface area contributed by atoms with Gasteiger partial charge in [0.05, 0.1) is 11.6 Å². The number of aldehydes is 1. The molecule has 0 aliphatic carbocycles. The number of fused-ring (bicyclic) bond motifs is 3. The van der Waals surface area contributed by atoms with E-state index in [0.717, 1.165) is 22.8 Å². The molecule has 162 valence electrons. The maximum atomic E-state index is 12.2. The van der Waals surface area contributed by atoms with Crippen molar-refractivity contribution >= 4 is 23.3 Å². The van der Waals surface area contributed by atoms with Gasteiger partial charge in [-0.25, -0.2) is 4.79 Å². The van der Waals surface area contributed by atoms with Crippen LogP contribution in [0.4, 0.5) is 4.79 Å². The number of carbonyl (C=O) groups excluding carboxylic acids is 2. The topological polar surface area (TPSA) is 89.8 Å². The van der Waals surface area contributed by atoms with Gasteiger partial charge in [0.1, 0.15) is 30.3 Å². The van der Waals surface area contributed by atoms with Crippen molar-refractivity contribution in [3.05, 3.63) is 65.4 Å². The summed E-state index contributed by atoms with van der Waals surface area (Å²) in [6.07, 6.45) is -0.704. The maximum absolute atomic E-state index is 12.2. The Hall–Kier alpha value is -3.32. The average Bonchev–Trinajstić information content (AvgIpc) is 3.22. The van der Waals surface area contributed by atoms with Crippen molar-refractivity contribution in [2.45, 2.75) is 51.7 Å². The van der Waals surface area contributed by atoms with E-state index in [1.165, 1.54) is 0 Å². The number of alkyl carbamates (subject to hydrolysis) is 1. The fourth-order valence-electron chi connectivity index (χ4n) is 3.82. The number of carbonyl (C=O) groups is 2. The Morgan fingerprint density at radius 2 is 1.97 bits per heavy atom. The Morgan fingerprint density at radius 1 is 1.23 bits per heavy atom. The highest BCUT2D eigenvalue weighted by atomic mass is 16.6. The van der Waals surface area contributed by atoms with Crippen LogP contribution in [0.3, 0.4) is 0 Å². The molecule has 0 spiro atoms. The first kappa shape index (κ1) is 20.9. The Balaban J connectivity index is 1.60. The first-order valence-corrected chi connectivity index (χ1v) is 10.2. The maximum Gasteiger partial charge on any atom is 0.408 e. The minimum absolute atomic E-state index is 0.361. The van der Waals surface area contributed by atoms with Crippen molar-refractivity contribution < 1.29 is 24.2 Å². The molecule has 0 radical (unpaired) electrons. The lowest BCUT2D eigenvalue weighted by molar-refractivity contribution is 0.0437. The molecule has 1 amide bonds. The molecule has 7 heteroatoms. The molecule has 0 fully saturated rings. The summed E-state index contributed by atoms with van der Waals surface area (Å²) < 4.78 is 13.2. The Kier molecular flexibility index (Phi) is 5.45.